The van der Waals surface area contributed by atoms with E-state index in [1.54, 1.807) is 12.4 Å². The normalized spacial score (nSPS) is 12.9. The first kappa shape index (κ1) is 13.2. The molecule has 0 aliphatic rings. The zero-order valence-corrected chi connectivity index (χ0v) is 12.0. The minimum atomic E-state index is 0.0149. The van der Waals surface area contributed by atoms with E-state index in [0.29, 0.717) is 5.92 Å². The molecule has 5 heteroatoms. The van der Waals surface area contributed by atoms with Gasteiger partial charge >= 0.3 is 0 Å². The number of aliphatic hydroxyl groups is 1. The van der Waals surface area contributed by atoms with Crippen molar-refractivity contribution in [2.75, 3.05) is 11.9 Å². The van der Waals surface area contributed by atoms with E-state index in [2.05, 4.69) is 45.1 Å². The fourth-order valence-corrected chi connectivity index (χ4v) is 2.06. The number of aliphatic hydroxyl groups excluding tert-OH is 1. The maximum Gasteiger partial charge on any atom is 0.112 e. The number of rotatable bonds is 4. The fraction of sp³-hybridized carbons (Fsp3) is 0.385. The van der Waals surface area contributed by atoms with Crippen molar-refractivity contribution in [3.63, 3.8) is 0 Å². The molecule has 0 aliphatic carbocycles. The molecule has 2 aromatic heterocycles. The summed E-state index contributed by atoms with van der Waals surface area (Å²) in [5.74, 6) is 0.341. The third-order valence-electron chi connectivity index (χ3n) is 2.89. The van der Waals surface area contributed by atoms with Gasteiger partial charge in [0, 0.05) is 16.9 Å². The van der Waals surface area contributed by atoms with Gasteiger partial charge < -0.3 is 10.4 Å². The predicted molar refractivity (Wildman–Crippen MR) is 76.6 cm³/mol. The van der Waals surface area contributed by atoms with Crippen molar-refractivity contribution >= 4 is 32.7 Å². The van der Waals surface area contributed by atoms with Gasteiger partial charge in [-0.2, -0.15) is 0 Å². The SMILES string of the molecule is CC(C)C(CO)Nc1ccnc2cc(Br)cnc12. The number of hydrogen-bond donors (Lipinski definition) is 2. The summed E-state index contributed by atoms with van der Waals surface area (Å²) >= 11 is 3.38. The number of nitrogens with zero attached hydrogens (tertiary/aromatic N) is 2. The van der Waals surface area contributed by atoms with Crippen molar-refractivity contribution in [1.82, 2.24) is 9.97 Å². The molecule has 0 aromatic carbocycles. The van der Waals surface area contributed by atoms with Gasteiger partial charge in [-0.15, -0.1) is 0 Å². The number of aromatic nitrogens is 2. The summed E-state index contributed by atoms with van der Waals surface area (Å²) in [6.07, 6.45) is 3.49. The largest absolute Gasteiger partial charge is 0.394 e. The number of hydrogen-bond acceptors (Lipinski definition) is 4. The van der Waals surface area contributed by atoms with Gasteiger partial charge in [0.1, 0.15) is 5.52 Å². The third-order valence-corrected chi connectivity index (χ3v) is 3.32. The minimum absolute atomic E-state index is 0.0149. The van der Waals surface area contributed by atoms with Crippen LogP contribution in [0, 0.1) is 5.92 Å². The number of halogens is 1. The van der Waals surface area contributed by atoms with Crippen molar-refractivity contribution in [3.8, 4) is 0 Å². The lowest BCUT2D eigenvalue weighted by atomic mass is 10.1. The first-order valence-corrected chi connectivity index (χ1v) is 6.68. The lowest BCUT2D eigenvalue weighted by Gasteiger charge is -2.21. The average molecular weight is 310 g/mol. The van der Waals surface area contributed by atoms with E-state index in [1.807, 2.05) is 12.1 Å². The molecule has 2 aromatic rings. The van der Waals surface area contributed by atoms with E-state index in [9.17, 15) is 5.11 Å². The Morgan fingerprint density at radius 3 is 2.83 bits per heavy atom. The van der Waals surface area contributed by atoms with Crippen LogP contribution in [0.2, 0.25) is 0 Å². The second-order valence-electron chi connectivity index (χ2n) is 4.56. The van der Waals surface area contributed by atoms with Gasteiger partial charge in [-0.1, -0.05) is 13.8 Å². The lowest BCUT2D eigenvalue weighted by molar-refractivity contribution is 0.249. The zero-order valence-electron chi connectivity index (χ0n) is 10.4. The van der Waals surface area contributed by atoms with Gasteiger partial charge in [0.2, 0.25) is 0 Å². The number of anilines is 1. The second-order valence-corrected chi connectivity index (χ2v) is 5.47. The summed E-state index contributed by atoms with van der Waals surface area (Å²) in [4.78, 5) is 8.66. The van der Waals surface area contributed by atoms with Crippen molar-refractivity contribution in [3.05, 3.63) is 29.0 Å². The molecule has 0 spiro atoms. The van der Waals surface area contributed by atoms with E-state index in [4.69, 9.17) is 0 Å². The van der Waals surface area contributed by atoms with Gasteiger partial charge in [-0.25, -0.2) is 0 Å². The van der Waals surface area contributed by atoms with Crippen LogP contribution in [0.15, 0.2) is 29.0 Å². The van der Waals surface area contributed by atoms with Crippen molar-refractivity contribution in [2.24, 2.45) is 5.92 Å². The molecule has 0 saturated heterocycles. The Hall–Kier alpha value is -1.20. The van der Waals surface area contributed by atoms with E-state index in [-0.39, 0.29) is 12.6 Å². The van der Waals surface area contributed by atoms with Crippen LogP contribution < -0.4 is 5.32 Å². The van der Waals surface area contributed by atoms with Crippen molar-refractivity contribution < 1.29 is 5.11 Å². The Labute approximate surface area is 115 Å². The van der Waals surface area contributed by atoms with Gasteiger partial charge in [-0.05, 0) is 34.0 Å². The number of pyridine rings is 2. The Morgan fingerprint density at radius 2 is 2.17 bits per heavy atom. The van der Waals surface area contributed by atoms with Gasteiger partial charge in [0.25, 0.3) is 0 Å². The molecule has 0 fully saturated rings. The Morgan fingerprint density at radius 1 is 1.39 bits per heavy atom. The molecule has 2 heterocycles. The predicted octanol–water partition coefficient (Wildman–Crippen LogP) is 2.82. The van der Waals surface area contributed by atoms with Crippen LogP contribution in [0.3, 0.4) is 0 Å². The van der Waals surface area contributed by atoms with Crippen molar-refractivity contribution in [2.45, 2.75) is 19.9 Å². The molecule has 4 nitrogen and oxygen atoms in total. The highest BCUT2D eigenvalue weighted by atomic mass is 79.9. The second kappa shape index (κ2) is 5.63. The molecule has 2 rings (SSSR count). The smallest absolute Gasteiger partial charge is 0.112 e. The standard InChI is InChI=1S/C13H16BrN3O/c1-8(2)12(7-18)17-10-3-4-15-11-5-9(14)6-16-13(10)11/h3-6,8,12,18H,7H2,1-2H3,(H,15,17). The summed E-state index contributed by atoms with van der Waals surface area (Å²) in [5, 5.41) is 12.7. The molecule has 96 valence electrons. The molecule has 0 radical (unpaired) electrons. The van der Waals surface area contributed by atoms with E-state index >= 15 is 0 Å². The van der Waals surface area contributed by atoms with Crippen LogP contribution in [0.4, 0.5) is 5.69 Å². The van der Waals surface area contributed by atoms with Crippen LogP contribution in [-0.2, 0) is 0 Å². The summed E-state index contributed by atoms with van der Waals surface area (Å²) in [7, 11) is 0. The van der Waals surface area contributed by atoms with Crippen molar-refractivity contribution in [1.29, 1.82) is 0 Å². The Bertz CT molecular complexity index is 545. The third kappa shape index (κ3) is 2.79. The van der Waals surface area contributed by atoms with Gasteiger partial charge in [-0.3, -0.25) is 9.97 Å². The van der Waals surface area contributed by atoms with Crippen LogP contribution >= 0.6 is 15.9 Å². The monoisotopic (exact) mass is 309 g/mol. The highest BCUT2D eigenvalue weighted by Gasteiger charge is 2.13. The molecule has 18 heavy (non-hydrogen) atoms. The van der Waals surface area contributed by atoms with Crippen LogP contribution in [0.25, 0.3) is 11.0 Å². The lowest BCUT2D eigenvalue weighted by Crippen LogP contribution is -2.29. The molecule has 0 aliphatic heterocycles. The molecule has 0 bridgehead atoms. The topological polar surface area (TPSA) is 58.0 Å². The Balaban J connectivity index is 2.39. The molecule has 0 saturated carbocycles. The summed E-state index contributed by atoms with van der Waals surface area (Å²) < 4.78 is 0.905. The summed E-state index contributed by atoms with van der Waals surface area (Å²) in [6.45, 7) is 4.24. The molecule has 2 N–H and O–H groups in total. The van der Waals surface area contributed by atoms with Crippen LogP contribution in [-0.4, -0.2) is 27.7 Å². The zero-order chi connectivity index (χ0) is 13.1. The van der Waals surface area contributed by atoms with Crippen LogP contribution in [0.1, 0.15) is 13.8 Å². The quantitative estimate of drug-likeness (QED) is 0.912. The van der Waals surface area contributed by atoms with E-state index < -0.39 is 0 Å². The Kier molecular flexibility index (Phi) is 4.14. The fourth-order valence-electron chi connectivity index (χ4n) is 1.74. The van der Waals surface area contributed by atoms with E-state index in [0.717, 1.165) is 21.2 Å². The van der Waals surface area contributed by atoms with E-state index in [1.165, 1.54) is 0 Å². The first-order chi connectivity index (χ1) is 8.61. The average Bonchev–Trinajstić information content (AvgIpc) is 2.35. The summed E-state index contributed by atoms with van der Waals surface area (Å²) in [6, 6.07) is 3.83. The maximum atomic E-state index is 9.37. The maximum absolute atomic E-state index is 9.37. The van der Waals surface area contributed by atoms with Gasteiger partial charge in [0.05, 0.1) is 23.9 Å². The molecular formula is C13H16BrN3O. The molecular weight excluding hydrogens is 294 g/mol. The number of fused-ring (bicyclic) bond motifs is 1. The molecule has 1 unspecified atom stereocenters. The molecule has 1 atom stereocenters. The first-order valence-electron chi connectivity index (χ1n) is 5.89. The highest BCUT2D eigenvalue weighted by molar-refractivity contribution is 9.10. The van der Waals surface area contributed by atoms with Gasteiger partial charge in [0.15, 0.2) is 0 Å². The highest BCUT2D eigenvalue weighted by Crippen LogP contribution is 2.23. The van der Waals surface area contributed by atoms with Crippen LogP contribution in [0.5, 0.6) is 0 Å². The molecule has 0 amide bonds. The summed E-state index contributed by atoms with van der Waals surface area (Å²) in [5.41, 5.74) is 2.55. The number of nitrogens with one attached hydrogen (secondary N) is 1. The minimum Gasteiger partial charge on any atom is -0.394 e.